The third-order valence-corrected chi connectivity index (χ3v) is 2.63. The van der Waals surface area contributed by atoms with Gasteiger partial charge in [-0.3, -0.25) is 4.79 Å². The Hall–Kier alpha value is -1.76. The Labute approximate surface area is 121 Å². The van der Waals surface area contributed by atoms with Crippen LogP contribution in [-0.4, -0.2) is 18.1 Å². The van der Waals surface area contributed by atoms with Crippen LogP contribution in [0.15, 0.2) is 18.2 Å². The van der Waals surface area contributed by atoms with Crippen molar-refractivity contribution in [3.8, 4) is 5.75 Å². The van der Waals surface area contributed by atoms with Crippen LogP contribution in [-0.2, 0) is 17.5 Å². The molecule has 0 saturated carbocycles. The van der Waals surface area contributed by atoms with Gasteiger partial charge in [0.05, 0.1) is 17.7 Å². The number of alkyl halides is 3. The fourth-order valence-corrected chi connectivity index (χ4v) is 1.66. The normalized spacial score (nSPS) is 13.1. The maximum atomic E-state index is 13.1. The second-order valence-electron chi connectivity index (χ2n) is 4.99. The van der Waals surface area contributed by atoms with Crippen molar-refractivity contribution < 1.29 is 22.7 Å². The number of hydrogen-bond donors (Lipinski definition) is 2. The van der Waals surface area contributed by atoms with Crippen LogP contribution in [0.25, 0.3) is 0 Å². The molecule has 0 aromatic heterocycles. The summed E-state index contributed by atoms with van der Waals surface area (Å²) in [6.07, 6.45) is -4.75. The molecule has 1 aromatic carbocycles. The fraction of sp³-hybridized carbons (Fsp3) is 0.500. The number of rotatable bonds is 5. The highest BCUT2D eigenvalue weighted by Gasteiger charge is 2.34. The van der Waals surface area contributed by atoms with E-state index in [1.54, 1.807) is 13.8 Å². The first-order valence-electron chi connectivity index (χ1n) is 6.51. The summed E-state index contributed by atoms with van der Waals surface area (Å²) in [5.74, 6) is -0.370. The van der Waals surface area contributed by atoms with Crippen LogP contribution >= 0.6 is 0 Å². The predicted molar refractivity (Wildman–Crippen MR) is 72.7 cm³/mol. The molecule has 1 aromatic rings. The lowest BCUT2D eigenvalue weighted by molar-refractivity contribution is -0.138. The van der Waals surface area contributed by atoms with E-state index < -0.39 is 23.7 Å². The first-order valence-corrected chi connectivity index (χ1v) is 6.51. The van der Waals surface area contributed by atoms with Crippen LogP contribution in [0.1, 0.15) is 31.9 Å². The highest BCUT2D eigenvalue weighted by molar-refractivity contribution is 5.80. The summed E-state index contributed by atoms with van der Waals surface area (Å²) in [7, 11) is 0. The van der Waals surface area contributed by atoms with Crippen molar-refractivity contribution in [1.82, 2.24) is 5.32 Å². The van der Waals surface area contributed by atoms with Gasteiger partial charge in [0.1, 0.15) is 5.75 Å². The van der Waals surface area contributed by atoms with Crippen molar-refractivity contribution >= 4 is 5.91 Å². The minimum Gasteiger partial charge on any atom is -0.491 e. The molecule has 1 rings (SSSR count). The predicted octanol–water partition coefficient (Wildman–Crippen LogP) is 2.46. The average Bonchev–Trinajstić information content (AvgIpc) is 2.34. The van der Waals surface area contributed by atoms with Gasteiger partial charge in [-0.15, -0.1) is 0 Å². The first-order chi connectivity index (χ1) is 9.61. The molecule has 0 saturated heterocycles. The maximum Gasteiger partial charge on any atom is 0.416 e. The Bertz CT molecular complexity index is 499. The second kappa shape index (κ2) is 6.80. The third kappa shape index (κ3) is 5.26. The zero-order valence-corrected chi connectivity index (χ0v) is 12.1. The molecule has 0 spiro atoms. The molecule has 0 aliphatic heterocycles. The Balaban J connectivity index is 3.00. The highest BCUT2D eigenvalue weighted by atomic mass is 19.4. The van der Waals surface area contributed by atoms with E-state index in [4.69, 9.17) is 10.5 Å². The molecule has 1 atom stereocenters. The van der Waals surface area contributed by atoms with E-state index in [9.17, 15) is 18.0 Å². The van der Waals surface area contributed by atoms with E-state index in [-0.39, 0.29) is 24.0 Å². The van der Waals surface area contributed by atoms with Crippen molar-refractivity contribution in [2.45, 2.75) is 45.6 Å². The van der Waals surface area contributed by atoms with Gasteiger partial charge in [0.15, 0.2) is 0 Å². The van der Waals surface area contributed by atoms with Gasteiger partial charge in [0.2, 0.25) is 5.91 Å². The van der Waals surface area contributed by atoms with E-state index in [1.165, 1.54) is 19.1 Å². The number of benzene rings is 1. The number of nitrogens with one attached hydrogen (secondary N) is 1. The van der Waals surface area contributed by atoms with E-state index >= 15 is 0 Å². The number of amides is 1. The quantitative estimate of drug-likeness (QED) is 0.878. The third-order valence-electron chi connectivity index (χ3n) is 2.63. The Morgan fingerprint density at radius 2 is 1.95 bits per heavy atom. The van der Waals surface area contributed by atoms with Crippen LogP contribution in [0.4, 0.5) is 13.2 Å². The van der Waals surface area contributed by atoms with Crippen molar-refractivity contribution in [3.63, 3.8) is 0 Å². The number of carbonyl (C=O) groups excluding carboxylic acids is 1. The minimum absolute atomic E-state index is 0.0346. The lowest BCUT2D eigenvalue weighted by Gasteiger charge is -2.17. The maximum absolute atomic E-state index is 13.1. The zero-order valence-electron chi connectivity index (χ0n) is 12.1. The van der Waals surface area contributed by atoms with Gasteiger partial charge in [0, 0.05) is 6.54 Å². The number of ether oxygens (including phenoxy) is 1. The van der Waals surface area contributed by atoms with Gasteiger partial charge < -0.3 is 15.8 Å². The monoisotopic (exact) mass is 304 g/mol. The average molecular weight is 304 g/mol. The highest BCUT2D eigenvalue weighted by Crippen LogP contribution is 2.34. The topological polar surface area (TPSA) is 64.3 Å². The van der Waals surface area contributed by atoms with Gasteiger partial charge in [-0.25, -0.2) is 0 Å². The van der Waals surface area contributed by atoms with Gasteiger partial charge in [-0.05, 0) is 38.5 Å². The molecule has 4 nitrogen and oxygen atoms in total. The molecule has 0 fully saturated rings. The molecular weight excluding hydrogens is 285 g/mol. The molecule has 0 aliphatic carbocycles. The molecule has 0 radical (unpaired) electrons. The van der Waals surface area contributed by atoms with Crippen LogP contribution in [0.5, 0.6) is 5.75 Å². The summed E-state index contributed by atoms with van der Waals surface area (Å²) in [6, 6.07) is 2.90. The summed E-state index contributed by atoms with van der Waals surface area (Å²) in [5, 5.41) is 2.37. The molecule has 0 heterocycles. The van der Waals surface area contributed by atoms with E-state index in [0.29, 0.717) is 0 Å². The number of halogens is 3. The molecule has 0 bridgehead atoms. The number of nitrogens with two attached hydrogens (primary N) is 1. The Morgan fingerprint density at radius 1 is 1.33 bits per heavy atom. The van der Waals surface area contributed by atoms with Crippen LogP contribution in [0.2, 0.25) is 0 Å². The smallest absolute Gasteiger partial charge is 0.416 e. The molecule has 1 amide bonds. The summed E-state index contributed by atoms with van der Waals surface area (Å²) >= 11 is 0. The molecule has 3 N–H and O–H groups in total. The molecule has 7 heteroatoms. The van der Waals surface area contributed by atoms with Crippen LogP contribution in [0, 0.1) is 0 Å². The van der Waals surface area contributed by atoms with Crippen LogP contribution < -0.4 is 15.8 Å². The fourth-order valence-electron chi connectivity index (χ4n) is 1.66. The van der Waals surface area contributed by atoms with Gasteiger partial charge in [0.25, 0.3) is 0 Å². The largest absolute Gasteiger partial charge is 0.491 e. The number of hydrogen-bond acceptors (Lipinski definition) is 3. The van der Waals surface area contributed by atoms with E-state index in [0.717, 1.165) is 6.07 Å². The van der Waals surface area contributed by atoms with E-state index in [1.807, 2.05) is 0 Å². The van der Waals surface area contributed by atoms with Crippen molar-refractivity contribution in [2.75, 3.05) is 0 Å². The molecule has 0 unspecified atom stereocenters. The standard InChI is InChI=1S/C14H19F3N2O2/c1-8(2)21-11-5-4-10(7-19-13(20)9(3)18)12(6-11)14(15,16)17/h4-6,8-9H,7,18H2,1-3H3,(H,19,20)/t9-/m1/s1. The summed E-state index contributed by atoms with van der Waals surface area (Å²) in [5.41, 5.74) is 4.49. The summed E-state index contributed by atoms with van der Waals surface area (Å²) < 4.78 is 44.4. The number of carbonyl (C=O) groups is 1. The molecule has 21 heavy (non-hydrogen) atoms. The summed E-state index contributed by atoms with van der Waals surface area (Å²) in [6.45, 7) is 4.67. The minimum atomic E-state index is -4.52. The molecule has 0 aliphatic rings. The summed E-state index contributed by atoms with van der Waals surface area (Å²) in [4.78, 5) is 11.3. The van der Waals surface area contributed by atoms with Crippen LogP contribution in [0.3, 0.4) is 0 Å². The van der Waals surface area contributed by atoms with Crippen molar-refractivity contribution in [1.29, 1.82) is 0 Å². The Morgan fingerprint density at radius 3 is 2.43 bits per heavy atom. The zero-order chi connectivity index (χ0) is 16.2. The van der Waals surface area contributed by atoms with Gasteiger partial charge >= 0.3 is 6.18 Å². The first kappa shape index (κ1) is 17.3. The molecule has 118 valence electrons. The molecular formula is C14H19F3N2O2. The van der Waals surface area contributed by atoms with E-state index in [2.05, 4.69) is 5.32 Å². The van der Waals surface area contributed by atoms with Gasteiger partial charge in [-0.1, -0.05) is 6.07 Å². The SMILES string of the molecule is CC(C)Oc1ccc(CNC(=O)[C@@H](C)N)c(C(F)(F)F)c1. The lowest BCUT2D eigenvalue weighted by Crippen LogP contribution is -2.38. The van der Waals surface area contributed by atoms with Gasteiger partial charge in [-0.2, -0.15) is 13.2 Å². The lowest BCUT2D eigenvalue weighted by atomic mass is 10.1. The van der Waals surface area contributed by atoms with Crippen molar-refractivity contribution in [3.05, 3.63) is 29.3 Å². The Kier molecular flexibility index (Phi) is 5.60. The second-order valence-corrected chi connectivity index (χ2v) is 4.99. The van der Waals surface area contributed by atoms with Crippen molar-refractivity contribution in [2.24, 2.45) is 5.73 Å².